The van der Waals surface area contributed by atoms with Crippen LogP contribution in [0.3, 0.4) is 0 Å². The average Bonchev–Trinajstić information content (AvgIpc) is 2.71. The Morgan fingerprint density at radius 1 is 0.931 bits per heavy atom. The molecule has 0 aromatic heterocycles. The first-order valence-electron chi connectivity index (χ1n) is 9.15. The van der Waals surface area contributed by atoms with E-state index < -0.39 is 11.8 Å². The molecular formula is C22H25N3O4. The normalized spacial score (nSPS) is 10.4. The molecule has 0 unspecified atom stereocenters. The summed E-state index contributed by atoms with van der Waals surface area (Å²) >= 11 is 0. The van der Waals surface area contributed by atoms with E-state index in [9.17, 15) is 14.4 Å². The van der Waals surface area contributed by atoms with Gasteiger partial charge in [-0.1, -0.05) is 29.8 Å². The molecule has 29 heavy (non-hydrogen) atoms. The third-order valence-electron chi connectivity index (χ3n) is 4.10. The van der Waals surface area contributed by atoms with Crippen molar-refractivity contribution in [2.45, 2.75) is 26.7 Å². The number of rotatable bonds is 7. The number of methoxy groups -OCH3 is 1. The zero-order chi connectivity index (χ0) is 21.2. The smallest absolute Gasteiger partial charge is 0.262 e. The first kappa shape index (κ1) is 21.7. The zero-order valence-corrected chi connectivity index (χ0v) is 16.7. The number of carbonyl (C=O) groups is 3. The van der Waals surface area contributed by atoms with Gasteiger partial charge >= 0.3 is 0 Å². The maximum absolute atomic E-state index is 12.0. The lowest BCUT2D eigenvalue weighted by Gasteiger charge is -2.09. The van der Waals surface area contributed by atoms with E-state index in [1.54, 1.807) is 37.5 Å². The van der Waals surface area contributed by atoms with Gasteiger partial charge in [0.25, 0.3) is 5.91 Å². The summed E-state index contributed by atoms with van der Waals surface area (Å²) in [7, 11) is 1.58. The van der Waals surface area contributed by atoms with Gasteiger partial charge in [0.1, 0.15) is 5.75 Å². The number of nitrogens with one attached hydrogen (secondary N) is 3. The van der Waals surface area contributed by atoms with Crippen molar-refractivity contribution >= 4 is 29.5 Å². The van der Waals surface area contributed by atoms with E-state index in [-0.39, 0.29) is 18.7 Å². The highest BCUT2D eigenvalue weighted by atomic mass is 16.5. The molecule has 3 amide bonds. The van der Waals surface area contributed by atoms with Gasteiger partial charge in [-0.25, -0.2) is 0 Å². The lowest BCUT2D eigenvalue weighted by Crippen LogP contribution is -2.41. The molecule has 0 saturated heterocycles. The number of aryl methyl sites for hydroxylation is 2. The highest BCUT2D eigenvalue weighted by molar-refractivity contribution is 5.95. The molecule has 7 nitrogen and oxygen atoms in total. The summed E-state index contributed by atoms with van der Waals surface area (Å²) in [6, 6.07) is 12.9. The Morgan fingerprint density at radius 2 is 1.62 bits per heavy atom. The molecule has 0 heterocycles. The number of anilines is 1. The molecule has 0 aliphatic heterocycles. The summed E-state index contributed by atoms with van der Waals surface area (Å²) in [4.78, 5) is 35.6. The van der Waals surface area contributed by atoms with Gasteiger partial charge in [0.2, 0.25) is 11.8 Å². The Morgan fingerprint density at radius 3 is 2.28 bits per heavy atom. The van der Waals surface area contributed by atoms with E-state index in [1.807, 2.05) is 32.0 Å². The molecule has 2 aromatic carbocycles. The molecule has 3 N–H and O–H groups in total. The molecular weight excluding hydrogens is 370 g/mol. The molecule has 0 saturated carbocycles. The van der Waals surface area contributed by atoms with Crippen LogP contribution in [0.2, 0.25) is 0 Å². The maximum Gasteiger partial charge on any atom is 0.262 e. The first-order chi connectivity index (χ1) is 13.9. The second-order valence-electron chi connectivity index (χ2n) is 6.51. The topological polar surface area (TPSA) is 96.5 Å². The van der Waals surface area contributed by atoms with E-state index in [2.05, 4.69) is 16.2 Å². The predicted molar refractivity (Wildman–Crippen MR) is 112 cm³/mol. The number of benzene rings is 2. The fourth-order valence-electron chi connectivity index (χ4n) is 2.52. The van der Waals surface area contributed by atoms with Crippen LogP contribution >= 0.6 is 0 Å². The van der Waals surface area contributed by atoms with Crippen molar-refractivity contribution in [1.29, 1.82) is 0 Å². The zero-order valence-electron chi connectivity index (χ0n) is 16.7. The summed E-state index contributed by atoms with van der Waals surface area (Å²) in [6.07, 6.45) is 2.88. The second-order valence-corrected chi connectivity index (χ2v) is 6.51. The van der Waals surface area contributed by atoms with Crippen LogP contribution < -0.4 is 20.9 Å². The van der Waals surface area contributed by atoms with Crippen molar-refractivity contribution in [3.8, 4) is 5.75 Å². The standard InChI is InChI=1S/C22H25N3O4/c1-15-4-10-19(16(2)14-15)23-20(26)12-13-22(28)25-24-21(27)11-7-17-5-8-18(29-3)9-6-17/h4-11,14H,12-13H2,1-3H3,(H,23,26)(H,24,27)(H,25,28). The van der Waals surface area contributed by atoms with Crippen molar-refractivity contribution in [3.63, 3.8) is 0 Å². The van der Waals surface area contributed by atoms with E-state index in [0.29, 0.717) is 0 Å². The molecule has 7 heteroatoms. The largest absolute Gasteiger partial charge is 0.497 e. The molecule has 2 aromatic rings. The fraction of sp³-hybridized carbons (Fsp3) is 0.227. The molecule has 0 aliphatic rings. The van der Waals surface area contributed by atoms with Crippen LogP contribution in [0.4, 0.5) is 5.69 Å². The van der Waals surface area contributed by atoms with Gasteiger partial charge in [-0.3, -0.25) is 25.2 Å². The minimum Gasteiger partial charge on any atom is -0.497 e. The number of hydrogen-bond donors (Lipinski definition) is 3. The third kappa shape index (κ3) is 7.50. The van der Waals surface area contributed by atoms with Crippen LogP contribution in [0, 0.1) is 13.8 Å². The quantitative estimate of drug-likeness (QED) is 0.496. The van der Waals surface area contributed by atoms with Crippen molar-refractivity contribution in [2.24, 2.45) is 0 Å². The fourth-order valence-corrected chi connectivity index (χ4v) is 2.52. The Balaban J connectivity index is 1.70. The van der Waals surface area contributed by atoms with Gasteiger partial charge in [0, 0.05) is 24.6 Å². The van der Waals surface area contributed by atoms with Gasteiger partial charge in [-0.15, -0.1) is 0 Å². The summed E-state index contributed by atoms with van der Waals surface area (Å²) in [5.74, 6) is -0.473. The minimum atomic E-state index is -0.478. The van der Waals surface area contributed by atoms with Gasteiger partial charge < -0.3 is 10.1 Å². The monoisotopic (exact) mass is 395 g/mol. The lowest BCUT2D eigenvalue weighted by atomic mass is 10.1. The summed E-state index contributed by atoms with van der Waals surface area (Å²) < 4.78 is 5.06. The minimum absolute atomic E-state index is 0.0106. The van der Waals surface area contributed by atoms with E-state index in [4.69, 9.17) is 4.74 Å². The summed E-state index contributed by atoms with van der Waals surface area (Å²) in [5.41, 5.74) is 8.17. The SMILES string of the molecule is COc1ccc(C=CC(=O)NNC(=O)CCC(=O)Nc2ccc(C)cc2C)cc1. The second kappa shape index (κ2) is 10.7. The molecule has 0 fully saturated rings. The Kier molecular flexibility index (Phi) is 7.97. The number of hydrogen-bond acceptors (Lipinski definition) is 4. The van der Waals surface area contributed by atoms with Crippen molar-refractivity contribution in [3.05, 3.63) is 65.2 Å². The average molecular weight is 395 g/mol. The molecule has 2 rings (SSSR count). The lowest BCUT2D eigenvalue weighted by molar-refractivity contribution is -0.128. The molecule has 0 aliphatic carbocycles. The number of carbonyl (C=O) groups excluding carboxylic acids is 3. The van der Waals surface area contributed by atoms with E-state index >= 15 is 0 Å². The number of ether oxygens (including phenoxy) is 1. The number of hydrazine groups is 1. The van der Waals surface area contributed by atoms with Crippen molar-refractivity contribution in [1.82, 2.24) is 10.9 Å². The van der Waals surface area contributed by atoms with Crippen LogP contribution in [0.5, 0.6) is 5.75 Å². The third-order valence-corrected chi connectivity index (χ3v) is 4.10. The maximum atomic E-state index is 12.0. The first-order valence-corrected chi connectivity index (χ1v) is 9.15. The van der Waals surface area contributed by atoms with Crippen LogP contribution in [0.1, 0.15) is 29.5 Å². The Labute approximate surface area is 170 Å². The van der Waals surface area contributed by atoms with Crippen LogP contribution in [-0.4, -0.2) is 24.8 Å². The highest BCUT2D eigenvalue weighted by Crippen LogP contribution is 2.16. The number of amides is 3. The van der Waals surface area contributed by atoms with Crippen LogP contribution in [0.25, 0.3) is 6.08 Å². The summed E-state index contributed by atoms with van der Waals surface area (Å²) in [6.45, 7) is 3.88. The van der Waals surface area contributed by atoms with Crippen LogP contribution in [0.15, 0.2) is 48.5 Å². The van der Waals surface area contributed by atoms with E-state index in [1.165, 1.54) is 6.08 Å². The van der Waals surface area contributed by atoms with Crippen molar-refractivity contribution in [2.75, 3.05) is 12.4 Å². The van der Waals surface area contributed by atoms with Crippen molar-refractivity contribution < 1.29 is 19.1 Å². The Hall–Kier alpha value is -3.61. The predicted octanol–water partition coefficient (Wildman–Crippen LogP) is 2.89. The molecule has 0 radical (unpaired) electrons. The van der Waals surface area contributed by atoms with Gasteiger partial charge in [-0.2, -0.15) is 0 Å². The van der Waals surface area contributed by atoms with E-state index in [0.717, 1.165) is 28.1 Å². The van der Waals surface area contributed by atoms with Gasteiger partial charge in [0.05, 0.1) is 7.11 Å². The molecule has 0 spiro atoms. The van der Waals surface area contributed by atoms with Gasteiger partial charge in [-0.05, 0) is 49.2 Å². The molecule has 152 valence electrons. The molecule has 0 atom stereocenters. The van der Waals surface area contributed by atoms with Crippen LogP contribution in [-0.2, 0) is 14.4 Å². The summed E-state index contributed by atoms with van der Waals surface area (Å²) in [5, 5.41) is 2.78. The Bertz CT molecular complexity index is 905. The highest BCUT2D eigenvalue weighted by Gasteiger charge is 2.09. The van der Waals surface area contributed by atoms with Gasteiger partial charge in [0.15, 0.2) is 0 Å². The molecule has 0 bridgehead atoms.